The van der Waals surface area contributed by atoms with Crippen LogP contribution in [0.5, 0.6) is 5.75 Å². The molecule has 0 aliphatic heterocycles. The first-order valence-electron chi connectivity index (χ1n) is 9.62. The van der Waals surface area contributed by atoms with Crippen LogP contribution in [0.15, 0.2) is 40.7 Å². The minimum atomic E-state index is -0.0171. The van der Waals surface area contributed by atoms with Crippen LogP contribution in [0.3, 0.4) is 0 Å². The predicted octanol–water partition coefficient (Wildman–Crippen LogP) is 3.33. The van der Waals surface area contributed by atoms with Gasteiger partial charge in [0.15, 0.2) is 5.96 Å². The first-order valence-corrected chi connectivity index (χ1v) is 10.5. The van der Waals surface area contributed by atoms with Crippen molar-refractivity contribution in [2.75, 3.05) is 26.7 Å². The summed E-state index contributed by atoms with van der Waals surface area (Å²) >= 11 is 1.45. The van der Waals surface area contributed by atoms with Gasteiger partial charge >= 0.3 is 0 Å². The van der Waals surface area contributed by atoms with E-state index in [1.807, 2.05) is 17.5 Å². The lowest BCUT2D eigenvalue weighted by atomic mass is 10.1. The summed E-state index contributed by atoms with van der Waals surface area (Å²) in [4.78, 5) is 16.9. The van der Waals surface area contributed by atoms with Crippen LogP contribution in [0.1, 0.15) is 40.6 Å². The lowest BCUT2D eigenvalue weighted by Crippen LogP contribution is -2.38. The molecule has 28 heavy (non-hydrogen) atoms. The van der Waals surface area contributed by atoms with Crippen molar-refractivity contribution in [2.45, 2.75) is 33.2 Å². The molecule has 0 aliphatic rings. The molecule has 0 aliphatic carbocycles. The molecule has 152 valence electrons. The summed E-state index contributed by atoms with van der Waals surface area (Å²) < 4.78 is 5.86. The molecule has 1 amide bonds. The molecule has 7 heteroatoms. The zero-order chi connectivity index (χ0) is 20.2. The number of thiophene rings is 1. The number of hydrogen-bond donors (Lipinski definition) is 3. The number of rotatable bonds is 10. The quantitative estimate of drug-likeness (QED) is 0.324. The standard InChI is InChI=1S/C21H30N4O2S/c1-4-12-27-18-14-16(2)8-9-17(18)15-25-21(22-3)24-11-6-10-23-20(26)19-7-5-13-28-19/h5,7-9,13-14H,4,6,10-12,15H2,1-3H3,(H,23,26)(H2,22,24,25). The molecule has 0 atom stereocenters. The van der Waals surface area contributed by atoms with Crippen LogP contribution in [-0.2, 0) is 6.54 Å². The fourth-order valence-corrected chi connectivity index (χ4v) is 3.19. The maximum absolute atomic E-state index is 11.9. The number of carbonyl (C=O) groups is 1. The Labute approximate surface area is 171 Å². The van der Waals surface area contributed by atoms with Crippen molar-refractivity contribution in [3.8, 4) is 5.75 Å². The van der Waals surface area contributed by atoms with E-state index in [4.69, 9.17) is 4.74 Å². The third-order valence-corrected chi connectivity index (χ3v) is 4.90. The van der Waals surface area contributed by atoms with Gasteiger partial charge in [0, 0.05) is 32.2 Å². The Morgan fingerprint density at radius 3 is 2.71 bits per heavy atom. The van der Waals surface area contributed by atoms with Crippen molar-refractivity contribution in [3.63, 3.8) is 0 Å². The number of carbonyl (C=O) groups excluding carboxylic acids is 1. The molecule has 2 aromatic rings. The van der Waals surface area contributed by atoms with Crippen LogP contribution in [0, 0.1) is 6.92 Å². The number of aliphatic imine (C=N–C) groups is 1. The van der Waals surface area contributed by atoms with Crippen molar-refractivity contribution in [2.24, 2.45) is 4.99 Å². The number of hydrogen-bond acceptors (Lipinski definition) is 4. The Hall–Kier alpha value is -2.54. The first-order chi connectivity index (χ1) is 13.6. The van der Waals surface area contributed by atoms with Crippen LogP contribution in [-0.4, -0.2) is 38.6 Å². The van der Waals surface area contributed by atoms with E-state index in [9.17, 15) is 4.79 Å². The molecular formula is C21H30N4O2S. The third kappa shape index (κ3) is 7.23. The second-order valence-corrected chi connectivity index (χ2v) is 7.35. The van der Waals surface area contributed by atoms with Gasteiger partial charge in [0.05, 0.1) is 11.5 Å². The van der Waals surface area contributed by atoms with Crippen LogP contribution in [0.25, 0.3) is 0 Å². The number of benzene rings is 1. The fraction of sp³-hybridized carbons (Fsp3) is 0.429. The Balaban J connectivity index is 1.72. The van der Waals surface area contributed by atoms with Gasteiger partial charge in [-0.15, -0.1) is 11.3 Å². The van der Waals surface area contributed by atoms with Gasteiger partial charge in [-0.1, -0.05) is 25.1 Å². The molecule has 1 aromatic carbocycles. The van der Waals surface area contributed by atoms with Gasteiger partial charge in [-0.05, 0) is 42.8 Å². The van der Waals surface area contributed by atoms with Crippen molar-refractivity contribution < 1.29 is 9.53 Å². The average Bonchev–Trinajstić information content (AvgIpc) is 3.24. The lowest BCUT2D eigenvalue weighted by Gasteiger charge is -2.15. The smallest absolute Gasteiger partial charge is 0.261 e. The van der Waals surface area contributed by atoms with E-state index in [2.05, 4.69) is 53.0 Å². The second kappa shape index (κ2) is 12.0. The minimum Gasteiger partial charge on any atom is -0.493 e. The highest BCUT2D eigenvalue weighted by Crippen LogP contribution is 2.20. The van der Waals surface area contributed by atoms with Gasteiger partial charge < -0.3 is 20.7 Å². The number of guanidine groups is 1. The topological polar surface area (TPSA) is 74.8 Å². The third-order valence-electron chi connectivity index (χ3n) is 4.03. The predicted molar refractivity (Wildman–Crippen MR) is 116 cm³/mol. The molecule has 0 fully saturated rings. The van der Waals surface area contributed by atoms with Gasteiger partial charge in [-0.25, -0.2) is 0 Å². The summed E-state index contributed by atoms with van der Waals surface area (Å²) in [5, 5.41) is 11.4. The van der Waals surface area contributed by atoms with E-state index in [1.54, 1.807) is 7.05 Å². The van der Waals surface area contributed by atoms with Gasteiger partial charge in [0.25, 0.3) is 5.91 Å². The molecular weight excluding hydrogens is 372 g/mol. The monoisotopic (exact) mass is 402 g/mol. The molecule has 0 saturated heterocycles. The number of aryl methyl sites for hydroxylation is 1. The van der Waals surface area contributed by atoms with Crippen molar-refractivity contribution in [3.05, 3.63) is 51.7 Å². The Morgan fingerprint density at radius 1 is 1.18 bits per heavy atom. The molecule has 0 radical (unpaired) electrons. The summed E-state index contributed by atoms with van der Waals surface area (Å²) in [6.45, 7) is 6.84. The Morgan fingerprint density at radius 2 is 2.00 bits per heavy atom. The van der Waals surface area contributed by atoms with E-state index in [0.29, 0.717) is 19.7 Å². The molecule has 0 saturated carbocycles. The van der Waals surface area contributed by atoms with E-state index in [0.717, 1.165) is 41.5 Å². The molecule has 1 heterocycles. The number of nitrogens with zero attached hydrogens (tertiary/aromatic N) is 1. The lowest BCUT2D eigenvalue weighted by molar-refractivity contribution is 0.0957. The van der Waals surface area contributed by atoms with Crippen molar-refractivity contribution in [1.29, 1.82) is 0 Å². The molecule has 0 unspecified atom stereocenters. The van der Waals surface area contributed by atoms with E-state index >= 15 is 0 Å². The summed E-state index contributed by atoms with van der Waals surface area (Å²) in [5.74, 6) is 1.63. The van der Waals surface area contributed by atoms with Crippen LogP contribution < -0.4 is 20.7 Å². The van der Waals surface area contributed by atoms with Gasteiger partial charge in [0.1, 0.15) is 5.75 Å². The number of nitrogens with one attached hydrogen (secondary N) is 3. The van der Waals surface area contributed by atoms with E-state index in [1.165, 1.54) is 16.9 Å². The Bertz CT molecular complexity index is 760. The van der Waals surface area contributed by atoms with Crippen LogP contribution >= 0.6 is 11.3 Å². The Kier molecular flexibility index (Phi) is 9.34. The molecule has 3 N–H and O–H groups in total. The molecule has 2 rings (SSSR count). The highest BCUT2D eigenvalue weighted by Gasteiger charge is 2.07. The zero-order valence-electron chi connectivity index (χ0n) is 16.9. The highest BCUT2D eigenvalue weighted by atomic mass is 32.1. The average molecular weight is 403 g/mol. The molecule has 0 bridgehead atoms. The molecule has 6 nitrogen and oxygen atoms in total. The largest absolute Gasteiger partial charge is 0.493 e. The van der Waals surface area contributed by atoms with Gasteiger partial charge in [-0.3, -0.25) is 9.79 Å². The van der Waals surface area contributed by atoms with E-state index in [-0.39, 0.29) is 5.91 Å². The van der Waals surface area contributed by atoms with E-state index < -0.39 is 0 Å². The SMILES string of the molecule is CCCOc1cc(C)ccc1CNC(=NC)NCCCNC(=O)c1cccs1. The normalized spacial score (nSPS) is 11.2. The van der Waals surface area contributed by atoms with Crippen LogP contribution in [0.4, 0.5) is 0 Å². The summed E-state index contributed by atoms with van der Waals surface area (Å²) in [5.41, 5.74) is 2.28. The summed E-state index contributed by atoms with van der Waals surface area (Å²) in [7, 11) is 1.75. The number of ether oxygens (including phenoxy) is 1. The summed E-state index contributed by atoms with van der Waals surface area (Å²) in [6.07, 6.45) is 1.79. The van der Waals surface area contributed by atoms with Gasteiger partial charge in [0.2, 0.25) is 0 Å². The van der Waals surface area contributed by atoms with Crippen LogP contribution in [0.2, 0.25) is 0 Å². The molecule has 1 aromatic heterocycles. The van der Waals surface area contributed by atoms with Crippen molar-refractivity contribution in [1.82, 2.24) is 16.0 Å². The summed E-state index contributed by atoms with van der Waals surface area (Å²) in [6, 6.07) is 9.94. The maximum atomic E-state index is 11.9. The first kappa shape index (κ1) is 21.8. The zero-order valence-corrected chi connectivity index (χ0v) is 17.7. The van der Waals surface area contributed by atoms with Gasteiger partial charge in [-0.2, -0.15) is 0 Å². The highest BCUT2D eigenvalue weighted by molar-refractivity contribution is 7.12. The molecule has 0 spiro atoms. The van der Waals surface area contributed by atoms with Crippen molar-refractivity contribution >= 4 is 23.2 Å². The number of amides is 1. The fourth-order valence-electron chi connectivity index (χ4n) is 2.55. The minimum absolute atomic E-state index is 0.0171. The maximum Gasteiger partial charge on any atom is 0.261 e. The second-order valence-electron chi connectivity index (χ2n) is 6.40.